The van der Waals surface area contributed by atoms with E-state index >= 15 is 0 Å². The minimum absolute atomic E-state index is 0.0657. The molecule has 7 heteroatoms. The maximum atomic E-state index is 12.9. The van der Waals surface area contributed by atoms with Gasteiger partial charge in [0.05, 0.1) is 12.2 Å². The lowest BCUT2D eigenvalue weighted by Gasteiger charge is -2.07. The molecule has 0 bridgehead atoms. The molecule has 3 aromatic rings. The molecule has 1 aliphatic rings. The Balaban J connectivity index is 1.36. The Bertz CT molecular complexity index is 1030. The van der Waals surface area contributed by atoms with Gasteiger partial charge >= 0.3 is 5.69 Å². The zero-order valence-electron chi connectivity index (χ0n) is 16.4. The van der Waals surface area contributed by atoms with Crippen LogP contribution < -0.4 is 15.7 Å². The summed E-state index contributed by atoms with van der Waals surface area (Å²) < 4.78 is 8.58. The molecule has 4 rings (SSSR count). The van der Waals surface area contributed by atoms with Gasteiger partial charge in [0, 0.05) is 12.5 Å². The normalized spacial score (nSPS) is 13.3. The Morgan fingerprint density at radius 2 is 1.86 bits per heavy atom. The van der Waals surface area contributed by atoms with Crippen molar-refractivity contribution in [3.63, 3.8) is 0 Å². The molecule has 0 saturated heterocycles. The molecule has 29 heavy (non-hydrogen) atoms. The number of aromatic nitrogens is 3. The Morgan fingerprint density at radius 1 is 1.14 bits per heavy atom. The monoisotopic (exact) mass is 392 g/mol. The molecule has 1 aromatic heterocycles. The molecule has 150 valence electrons. The second kappa shape index (κ2) is 8.34. The highest BCUT2D eigenvalue weighted by molar-refractivity contribution is 5.77. The molecular weight excluding hydrogens is 368 g/mol. The van der Waals surface area contributed by atoms with Gasteiger partial charge in [-0.25, -0.2) is 14.0 Å². The molecule has 1 saturated carbocycles. The van der Waals surface area contributed by atoms with E-state index in [1.807, 2.05) is 61.5 Å². The van der Waals surface area contributed by atoms with Crippen molar-refractivity contribution in [1.82, 2.24) is 19.7 Å². The number of benzene rings is 2. The summed E-state index contributed by atoms with van der Waals surface area (Å²) in [6, 6.07) is 17.1. The summed E-state index contributed by atoms with van der Waals surface area (Å²) in [6.07, 6.45) is 2.10. The van der Waals surface area contributed by atoms with Crippen LogP contribution in [0.25, 0.3) is 5.69 Å². The van der Waals surface area contributed by atoms with Crippen LogP contribution in [0.15, 0.2) is 59.4 Å². The molecule has 1 amide bonds. The molecule has 1 fully saturated rings. The number of ether oxygens (including phenoxy) is 1. The van der Waals surface area contributed by atoms with Gasteiger partial charge in [-0.2, -0.15) is 5.10 Å². The van der Waals surface area contributed by atoms with Crippen LogP contribution in [0.4, 0.5) is 0 Å². The number of hydrogen-bond donors (Lipinski definition) is 1. The molecule has 7 nitrogen and oxygen atoms in total. The number of hydrogen-bond acceptors (Lipinski definition) is 4. The number of amides is 1. The van der Waals surface area contributed by atoms with Crippen LogP contribution in [0.5, 0.6) is 5.75 Å². The summed E-state index contributed by atoms with van der Waals surface area (Å²) in [4.78, 5) is 24.9. The van der Waals surface area contributed by atoms with Crippen molar-refractivity contribution in [2.45, 2.75) is 32.2 Å². The fourth-order valence-electron chi connectivity index (χ4n) is 3.13. The predicted molar refractivity (Wildman–Crippen MR) is 109 cm³/mol. The van der Waals surface area contributed by atoms with Gasteiger partial charge in [-0.1, -0.05) is 35.9 Å². The van der Waals surface area contributed by atoms with Crippen LogP contribution in [0, 0.1) is 6.92 Å². The Morgan fingerprint density at radius 3 is 2.55 bits per heavy atom. The summed E-state index contributed by atoms with van der Waals surface area (Å²) in [5, 5.41) is 7.31. The van der Waals surface area contributed by atoms with E-state index in [2.05, 4.69) is 10.4 Å². The largest absolute Gasteiger partial charge is 0.484 e. The molecule has 0 radical (unpaired) electrons. The SMILES string of the molecule is Cc1ccc(OCC(=O)NCCn2nc(C3CC3)n(-c3ccccc3)c2=O)cc1. The Hall–Kier alpha value is -3.35. The molecule has 0 atom stereocenters. The molecular formula is C22H24N4O3. The van der Waals surface area contributed by atoms with Crippen molar-refractivity contribution >= 4 is 5.91 Å². The Labute approximate surface area is 168 Å². The van der Waals surface area contributed by atoms with E-state index in [9.17, 15) is 9.59 Å². The summed E-state index contributed by atoms with van der Waals surface area (Å²) in [5.74, 6) is 1.55. The summed E-state index contributed by atoms with van der Waals surface area (Å²) in [6.45, 7) is 2.55. The van der Waals surface area contributed by atoms with Gasteiger partial charge < -0.3 is 10.1 Å². The van der Waals surface area contributed by atoms with Crippen molar-refractivity contribution in [1.29, 1.82) is 0 Å². The van der Waals surface area contributed by atoms with Gasteiger partial charge in [0.2, 0.25) is 0 Å². The average molecular weight is 392 g/mol. The first-order valence-corrected chi connectivity index (χ1v) is 9.83. The molecule has 0 unspecified atom stereocenters. The molecule has 2 aromatic carbocycles. The second-order valence-electron chi connectivity index (χ2n) is 7.26. The minimum Gasteiger partial charge on any atom is -0.484 e. The number of carbonyl (C=O) groups excluding carboxylic acids is 1. The first-order chi connectivity index (χ1) is 14.1. The van der Waals surface area contributed by atoms with E-state index in [-0.39, 0.29) is 18.2 Å². The smallest absolute Gasteiger partial charge is 0.350 e. The topological polar surface area (TPSA) is 78.2 Å². The quantitative estimate of drug-likeness (QED) is 0.639. The highest BCUT2D eigenvalue weighted by Gasteiger charge is 2.31. The number of para-hydroxylation sites is 1. The van der Waals surface area contributed by atoms with E-state index < -0.39 is 0 Å². The van der Waals surface area contributed by atoms with Gasteiger partial charge in [-0.05, 0) is 44.0 Å². The van der Waals surface area contributed by atoms with Gasteiger partial charge in [0.15, 0.2) is 6.61 Å². The zero-order valence-corrected chi connectivity index (χ0v) is 16.4. The first-order valence-electron chi connectivity index (χ1n) is 9.83. The molecule has 0 aliphatic heterocycles. The highest BCUT2D eigenvalue weighted by atomic mass is 16.5. The Kier molecular flexibility index (Phi) is 5.46. The maximum Gasteiger partial charge on any atom is 0.350 e. The van der Waals surface area contributed by atoms with Crippen molar-refractivity contribution < 1.29 is 9.53 Å². The van der Waals surface area contributed by atoms with Crippen LogP contribution in [-0.4, -0.2) is 33.4 Å². The van der Waals surface area contributed by atoms with Crippen LogP contribution >= 0.6 is 0 Å². The molecule has 1 N–H and O–H groups in total. The van der Waals surface area contributed by atoms with Crippen LogP contribution in [0.3, 0.4) is 0 Å². The highest BCUT2D eigenvalue weighted by Crippen LogP contribution is 2.39. The van der Waals surface area contributed by atoms with Gasteiger partial charge in [-0.3, -0.25) is 4.79 Å². The zero-order chi connectivity index (χ0) is 20.2. The number of carbonyl (C=O) groups is 1. The number of nitrogens with one attached hydrogen (secondary N) is 1. The third-order valence-corrected chi connectivity index (χ3v) is 4.86. The van der Waals surface area contributed by atoms with Crippen molar-refractivity contribution in [2.75, 3.05) is 13.2 Å². The third-order valence-electron chi connectivity index (χ3n) is 4.86. The first kappa shape index (κ1) is 19.0. The lowest BCUT2D eigenvalue weighted by molar-refractivity contribution is -0.123. The van der Waals surface area contributed by atoms with E-state index in [0.29, 0.717) is 24.8 Å². The summed E-state index contributed by atoms with van der Waals surface area (Å²) in [7, 11) is 0. The fourth-order valence-corrected chi connectivity index (χ4v) is 3.13. The van der Waals surface area contributed by atoms with Gasteiger partial charge in [0.25, 0.3) is 5.91 Å². The van der Waals surface area contributed by atoms with Crippen LogP contribution in [0.1, 0.15) is 30.1 Å². The number of nitrogens with zero attached hydrogens (tertiary/aromatic N) is 3. The van der Waals surface area contributed by atoms with Crippen molar-refractivity contribution in [2.24, 2.45) is 0 Å². The number of aryl methyl sites for hydroxylation is 1. The lowest BCUT2D eigenvalue weighted by Crippen LogP contribution is -2.34. The summed E-state index contributed by atoms with van der Waals surface area (Å²) in [5.41, 5.74) is 1.78. The van der Waals surface area contributed by atoms with Gasteiger partial charge in [0.1, 0.15) is 11.6 Å². The molecule has 1 heterocycles. The average Bonchev–Trinajstić information content (AvgIpc) is 3.53. The van der Waals surface area contributed by atoms with E-state index in [1.54, 1.807) is 4.57 Å². The van der Waals surface area contributed by atoms with E-state index in [4.69, 9.17) is 4.74 Å². The fraction of sp³-hybridized carbons (Fsp3) is 0.318. The predicted octanol–water partition coefficient (Wildman–Crippen LogP) is 2.42. The number of rotatable bonds is 8. The summed E-state index contributed by atoms with van der Waals surface area (Å²) >= 11 is 0. The molecule has 1 aliphatic carbocycles. The minimum atomic E-state index is -0.233. The molecule has 0 spiro atoms. The standard InChI is InChI=1S/C22H24N4O3/c1-16-7-11-19(12-8-16)29-15-20(27)23-13-14-25-22(28)26(18-5-3-2-4-6-18)21(24-25)17-9-10-17/h2-8,11-12,17H,9-10,13-15H2,1H3,(H,23,27). The van der Waals surface area contributed by atoms with Crippen molar-refractivity contribution in [3.8, 4) is 11.4 Å². The van der Waals surface area contributed by atoms with Gasteiger partial charge in [-0.15, -0.1) is 0 Å². The van der Waals surface area contributed by atoms with E-state index in [1.165, 1.54) is 4.68 Å². The third kappa shape index (κ3) is 4.56. The van der Waals surface area contributed by atoms with Crippen molar-refractivity contribution in [3.05, 3.63) is 76.5 Å². The maximum absolute atomic E-state index is 12.9. The lowest BCUT2D eigenvalue weighted by atomic mass is 10.2. The second-order valence-corrected chi connectivity index (χ2v) is 7.26. The van der Waals surface area contributed by atoms with E-state index in [0.717, 1.165) is 29.9 Å². The van der Waals surface area contributed by atoms with Crippen LogP contribution in [-0.2, 0) is 11.3 Å². The van der Waals surface area contributed by atoms with Crippen LogP contribution in [0.2, 0.25) is 0 Å².